The number of amides is 1. The smallest absolute Gasteiger partial charge is 0.254 e. The molecular weight excluding hydrogens is 356 g/mol. The average molecular weight is 389 g/mol. The molecular formula is C22H32N2O2S. The van der Waals surface area contributed by atoms with Gasteiger partial charge in [-0.2, -0.15) is 0 Å². The minimum absolute atomic E-state index is 0.0441. The highest BCUT2D eigenvalue weighted by molar-refractivity contribution is 7.12. The molecule has 1 aromatic heterocycles. The molecule has 2 saturated heterocycles. The Morgan fingerprint density at radius 1 is 1.11 bits per heavy atom. The van der Waals surface area contributed by atoms with Gasteiger partial charge in [0, 0.05) is 37.0 Å². The van der Waals surface area contributed by atoms with Crippen LogP contribution >= 0.6 is 11.3 Å². The Labute approximate surface area is 166 Å². The van der Waals surface area contributed by atoms with Crippen molar-refractivity contribution < 1.29 is 9.59 Å². The van der Waals surface area contributed by atoms with Gasteiger partial charge in [-0.05, 0) is 57.6 Å². The molecule has 3 aliphatic rings. The van der Waals surface area contributed by atoms with E-state index in [0.29, 0.717) is 15.9 Å². The van der Waals surface area contributed by atoms with Crippen LogP contribution in [0.4, 0.5) is 0 Å². The Bertz CT molecular complexity index is 694. The molecule has 0 bridgehead atoms. The van der Waals surface area contributed by atoms with Gasteiger partial charge in [-0.15, -0.1) is 11.3 Å². The molecule has 0 unspecified atom stereocenters. The molecule has 27 heavy (non-hydrogen) atoms. The standard InChI is InChI=1S/C22H32N2O2S/c1-17(25)20-12-19(14-27-20)21(26)24-11-9-22(16-24)8-5-10-23(15-22)13-18-6-3-2-4-7-18/h12,14,18H,2-11,13,15-16H2,1H3/t22-/m1/s1. The molecule has 0 radical (unpaired) electrons. The largest absolute Gasteiger partial charge is 0.338 e. The fourth-order valence-electron chi connectivity index (χ4n) is 5.46. The van der Waals surface area contributed by atoms with E-state index in [9.17, 15) is 9.59 Å². The lowest BCUT2D eigenvalue weighted by Gasteiger charge is -2.42. The first-order valence-corrected chi connectivity index (χ1v) is 11.5. The van der Waals surface area contributed by atoms with Crippen molar-refractivity contribution in [2.45, 2.75) is 58.3 Å². The summed E-state index contributed by atoms with van der Waals surface area (Å²) >= 11 is 1.39. The van der Waals surface area contributed by atoms with Gasteiger partial charge >= 0.3 is 0 Å². The number of carbonyl (C=O) groups is 2. The lowest BCUT2D eigenvalue weighted by molar-refractivity contribution is 0.0630. The number of ketones is 1. The van der Waals surface area contributed by atoms with E-state index in [-0.39, 0.29) is 11.7 Å². The summed E-state index contributed by atoms with van der Waals surface area (Å²) in [7, 11) is 0. The molecule has 1 amide bonds. The first-order valence-electron chi connectivity index (χ1n) is 10.7. The third kappa shape index (κ3) is 4.29. The predicted molar refractivity (Wildman–Crippen MR) is 110 cm³/mol. The molecule has 1 atom stereocenters. The van der Waals surface area contributed by atoms with Crippen LogP contribution in [0.1, 0.15) is 78.3 Å². The number of nitrogens with zero attached hydrogens (tertiary/aromatic N) is 2. The molecule has 1 spiro atoms. The van der Waals surface area contributed by atoms with Crippen molar-refractivity contribution in [3.63, 3.8) is 0 Å². The van der Waals surface area contributed by atoms with E-state index in [0.717, 1.165) is 32.0 Å². The number of rotatable bonds is 4. The van der Waals surface area contributed by atoms with Crippen molar-refractivity contribution in [1.29, 1.82) is 0 Å². The van der Waals surface area contributed by atoms with E-state index in [1.807, 2.05) is 10.3 Å². The maximum absolute atomic E-state index is 12.9. The van der Waals surface area contributed by atoms with Crippen molar-refractivity contribution >= 4 is 23.0 Å². The summed E-state index contributed by atoms with van der Waals surface area (Å²) in [6.07, 6.45) is 10.7. The van der Waals surface area contributed by atoms with E-state index in [1.165, 1.54) is 69.4 Å². The summed E-state index contributed by atoms with van der Waals surface area (Å²) in [4.78, 5) is 29.9. The molecule has 3 fully saturated rings. The second-order valence-corrected chi connectivity index (χ2v) is 9.99. The summed E-state index contributed by atoms with van der Waals surface area (Å²) < 4.78 is 0. The van der Waals surface area contributed by atoms with Crippen molar-refractivity contribution in [3.05, 3.63) is 21.9 Å². The fourth-order valence-corrected chi connectivity index (χ4v) is 6.24. The molecule has 0 N–H and O–H groups in total. The lowest BCUT2D eigenvalue weighted by atomic mass is 9.78. The van der Waals surface area contributed by atoms with Gasteiger partial charge in [0.05, 0.1) is 10.4 Å². The highest BCUT2D eigenvalue weighted by atomic mass is 32.1. The van der Waals surface area contributed by atoms with E-state index < -0.39 is 0 Å². The van der Waals surface area contributed by atoms with Crippen LogP contribution in [-0.2, 0) is 0 Å². The minimum atomic E-state index is 0.0441. The van der Waals surface area contributed by atoms with Gasteiger partial charge in [-0.25, -0.2) is 0 Å². The highest BCUT2D eigenvalue weighted by Crippen LogP contribution is 2.40. The Hall–Kier alpha value is -1.20. The van der Waals surface area contributed by atoms with Gasteiger partial charge in [-0.1, -0.05) is 19.3 Å². The number of likely N-dealkylation sites (tertiary alicyclic amines) is 2. The molecule has 148 valence electrons. The molecule has 4 nitrogen and oxygen atoms in total. The van der Waals surface area contributed by atoms with E-state index >= 15 is 0 Å². The number of hydrogen-bond acceptors (Lipinski definition) is 4. The van der Waals surface area contributed by atoms with Crippen LogP contribution in [0, 0.1) is 11.3 Å². The monoisotopic (exact) mass is 388 g/mol. The summed E-state index contributed by atoms with van der Waals surface area (Å²) in [6.45, 7) is 6.98. The van der Waals surface area contributed by atoms with Gasteiger partial charge < -0.3 is 9.80 Å². The fraction of sp³-hybridized carbons (Fsp3) is 0.727. The van der Waals surface area contributed by atoms with Gasteiger partial charge in [0.1, 0.15) is 0 Å². The highest BCUT2D eigenvalue weighted by Gasteiger charge is 2.43. The molecule has 2 aliphatic heterocycles. The third-order valence-electron chi connectivity index (χ3n) is 6.90. The summed E-state index contributed by atoms with van der Waals surface area (Å²) in [6, 6.07) is 1.77. The molecule has 1 saturated carbocycles. The van der Waals surface area contributed by atoms with E-state index in [2.05, 4.69) is 4.90 Å². The summed E-state index contributed by atoms with van der Waals surface area (Å²) in [5, 5.41) is 1.85. The van der Waals surface area contributed by atoms with Gasteiger partial charge in [0.15, 0.2) is 5.78 Å². The van der Waals surface area contributed by atoms with E-state index in [4.69, 9.17) is 0 Å². The quantitative estimate of drug-likeness (QED) is 0.715. The zero-order valence-corrected chi connectivity index (χ0v) is 17.4. The molecule has 5 heteroatoms. The Morgan fingerprint density at radius 2 is 1.93 bits per heavy atom. The molecule has 1 aromatic rings. The zero-order chi connectivity index (χ0) is 18.9. The maximum atomic E-state index is 12.9. The lowest BCUT2D eigenvalue weighted by Crippen LogP contribution is -2.47. The van der Waals surface area contributed by atoms with Gasteiger partial charge in [-0.3, -0.25) is 9.59 Å². The maximum Gasteiger partial charge on any atom is 0.254 e. The number of carbonyl (C=O) groups excluding carboxylic acids is 2. The van der Waals surface area contributed by atoms with Crippen LogP contribution in [0.25, 0.3) is 0 Å². The van der Waals surface area contributed by atoms with Gasteiger partial charge in [0.25, 0.3) is 5.91 Å². The molecule has 1 aliphatic carbocycles. The topological polar surface area (TPSA) is 40.6 Å². The number of thiophene rings is 1. The summed E-state index contributed by atoms with van der Waals surface area (Å²) in [5.41, 5.74) is 0.985. The molecule has 3 heterocycles. The summed E-state index contributed by atoms with van der Waals surface area (Å²) in [5.74, 6) is 1.05. The van der Waals surface area contributed by atoms with Gasteiger partial charge in [0.2, 0.25) is 0 Å². The second-order valence-electron chi connectivity index (χ2n) is 9.08. The van der Waals surface area contributed by atoms with Crippen molar-refractivity contribution in [2.24, 2.45) is 11.3 Å². The number of hydrogen-bond donors (Lipinski definition) is 0. The average Bonchev–Trinajstić information content (AvgIpc) is 3.30. The second kappa shape index (κ2) is 8.04. The molecule has 4 rings (SSSR count). The van der Waals surface area contributed by atoms with Crippen LogP contribution in [0.3, 0.4) is 0 Å². The SMILES string of the molecule is CC(=O)c1cc(C(=O)N2CC[C@@]3(CCCN(CC4CCCCC4)C3)C2)cs1. The van der Waals surface area contributed by atoms with Crippen molar-refractivity contribution in [2.75, 3.05) is 32.7 Å². The Kier molecular flexibility index (Phi) is 5.70. The normalized spacial score (nSPS) is 27.4. The molecule has 0 aromatic carbocycles. The van der Waals surface area contributed by atoms with E-state index in [1.54, 1.807) is 13.0 Å². The van der Waals surface area contributed by atoms with Crippen LogP contribution in [-0.4, -0.2) is 54.2 Å². The zero-order valence-electron chi connectivity index (χ0n) is 16.5. The first kappa shape index (κ1) is 19.1. The van der Waals surface area contributed by atoms with Crippen LogP contribution < -0.4 is 0 Å². The van der Waals surface area contributed by atoms with Crippen molar-refractivity contribution in [1.82, 2.24) is 9.80 Å². The number of piperidine rings is 1. The number of Topliss-reactive ketones (excluding diaryl/α,β-unsaturated/α-hetero) is 1. The van der Waals surface area contributed by atoms with Crippen LogP contribution in [0.5, 0.6) is 0 Å². The van der Waals surface area contributed by atoms with Crippen molar-refractivity contribution in [3.8, 4) is 0 Å². The van der Waals surface area contributed by atoms with Crippen LogP contribution in [0.2, 0.25) is 0 Å². The Morgan fingerprint density at radius 3 is 2.67 bits per heavy atom. The first-order chi connectivity index (χ1) is 13.0. The minimum Gasteiger partial charge on any atom is -0.338 e. The predicted octanol–water partition coefficient (Wildman–Crippen LogP) is 4.46. The Balaban J connectivity index is 1.36. The third-order valence-corrected chi connectivity index (χ3v) is 7.93. The van der Waals surface area contributed by atoms with Crippen LogP contribution in [0.15, 0.2) is 11.4 Å².